The second kappa shape index (κ2) is 6.00. The van der Waals surface area contributed by atoms with Gasteiger partial charge in [0.1, 0.15) is 0 Å². The van der Waals surface area contributed by atoms with E-state index in [2.05, 4.69) is 23.6 Å². The number of thiazole rings is 1. The molecule has 1 aromatic rings. The van der Waals surface area contributed by atoms with E-state index < -0.39 is 0 Å². The number of rotatable bonds is 3. The number of hydrogen-bond donors (Lipinski definition) is 1. The Morgan fingerprint density at radius 3 is 2.75 bits per heavy atom. The summed E-state index contributed by atoms with van der Waals surface area (Å²) in [7, 11) is 0. The third-order valence-corrected chi connectivity index (χ3v) is 5.97. The molecule has 1 aromatic heterocycles. The molecule has 4 nitrogen and oxygen atoms in total. The second-order valence-electron chi connectivity index (χ2n) is 6.00. The van der Waals surface area contributed by atoms with E-state index in [1.54, 1.807) is 11.3 Å². The molecular weight excluding hydrogens is 270 g/mol. The molecule has 112 valence electrons. The molecule has 2 aliphatic rings. The Morgan fingerprint density at radius 2 is 2.10 bits per heavy atom. The summed E-state index contributed by atoms with van der Waals surface area (Å²) in [6.45, 7) is 8.95. The SMILES string of the molecule is CCC(C)N1CCN(c2nc3c(s2)C(O)CCC3)CC1. The molecule has 1 fully saturated rings. The van der Waals surface area contributed by atoms with Crippen molar-refractivity contribution in [2.24, 2.45) is 0 Å². The van der Waals surface area contributed by atoms with Crippen LogP contribution in [0.25, 0.3) is 0 Å². The molecule has 20 heavy (non-hydrogen) atoms. The van der Waals surface area contributed by atoms with Crippen LogP contribution in [0.1, 0.15) is 49.8 Å². The largest absolute Gasteiger partial charge is 0.388 e. The lowest BCUT2D eigenvalue weighted by molar-refractivity contribution is 0.160. The number of piperazine rings is 1. The van der Waals surface area contributed by atoms with E-state index in [1.807, 2.05) is 0 Å². The predicted molar refractivity (Wildman–Crippen MR) is 83.6 cm³/mol. The van der Waals surface area contributed by atoms with E-state index in [0.717, 1.165) is 61.1 Å². The maximum Gasteiger partial charge on any atom is 0.185 e. The van der Waals surface area contributed by atoms with Crippen molar-refractivity contribution in [1.82, 2.24) is 9.88 Å². The molecule has 1 aliphatic heterocycles. The fraction of sp³-hybridized carbons (Fsp3) is 0.800. The van der Waals surface area contributed by atoms with Gasteiger partial charge in [-0.25, -0.2) is 4.98 Å². The van der Waals surface area contributed by atoms with E-state index in [4.69, 9.17) is 4.98 Å². The van der Waals surface area contributed by atoms with Crippen LogP contribution >= 0.6 is 11.3 Å². The van der Waals surface area contributed by atoms with Crippen molar-refractivity contribution in [2.75, 3.05) is 31.1 Å². The average Bonchev–Trinajstić information content (AvgIpc) is 2.92. The highest BCUT2D eigenvalue weighted by atomic mass is 32.1. The van der Waals surface area contributed by atoms with Crippen LogP contribution in [0.2, 0.25) is 0 Å². The summed E-state index contributed by atoms with van der Waals surface area (Å²) in [5, 5.41) is 11.2. The first-order valence-corrected chi connectivity index (χ1v) is 8.67. The van der Waals surface area contributed by atoms with Crippen molar-refractivity contribution in [1.29, 1.82) is 0 Å². The molecule has 2 heterocycles. The number of fused-ring (bicyclic) bond motifs is 1. The van der Waals surface area contributed by atoms with Gasteiger partial charge in [-0.1, -0.05) is 18.3 Å². The van der Waals surface area contributed by atoms with Crippen LogP contribution in [0.15, 0.2) is 0 Å². The Kier molecular flexibility index (Phi) is 4.29. The highest BCUT2D eigenvalue weighted by Gasteiger charge is 2.27. The van der Waals surface area contributed by atoms with Gasteiger partial charge in [0.15, 0.2) is 5.13 Å². The van der Waals surface area contributed by atoms with Gasteiger partial charge in [0, 0.05) is 32.2 Å². The van der Waals surface area contributed by atoms with E-state index >= 15 is 0 Å². The normalized spacial score (nSPS) is 25.6. The molecule has 2 unspecified atom stereocenters. The Morgan fingerprint density at radius 1 is 1.35 bits per heavy atom. The number of nitrogens with zero attached hydrogens (tertiary/aromatic N) is 3. The summed E-state index contributed by atoms with van der Waals surface area (Å²) < 4.78 is 0. The standard InChI is InChI=1S/C15H25N3OS/c1-3-11(2)17-7-9-18(10-8-17)15-16-12-5-4-6-13(19)14(12)20-15/h11,13,19H,3-10H2,1-2H3. The lowest BCUT2D eigenvalue weighted by atomic mass is 10.0. The summed E-state index contributed by atoms with van der Waals surface area (Å²) in [6, 6.07) is 0.684. The van der Waals surface area contributed by atoms with E-state index in [9.17, 15) is 5.11 Å². The first-order chi connectivity index (χ1) is 9.69. The number of aliphatic hydroxyl groups is 1. The fourth-order valence-corrected chi connectivity index (χ4v) is 4.32. The van der Waals surface area contributed by atoms with E-state index in [-0.39, 0.29) is 6.10 Å². The minimum atomic E-state index is -0.272. The molecule has 0 spiro atoms. The smallest absolute Gasteiger partial charge is 0.185 e. The predicted octanol–water partition coefficient (Wildman–Crippen LogP) is 2.43. The Balaban J connectivity index is 1.67. The molecule has 0 amide bonds. The van der Waals surface area contributed by atoms with Gasteiger partial charge in [-0.2, -0.15) is 0 Å². The third kappa shape index (κ3) is 2.71. The molecule has 1 saturated heterocycles. The number of anilines is 1. The van der Waals surface area contributed by atoms with Crippen LogP contribution in [-0.4, -0.2) is 47.2 Å². The van der Waals surface area contributed by atoms with Crippen LogP contribution in [-0.2, 0) is 6.42 Å². The summed E-state index contributed by atoms with van der Waals surface area (Å²) in [6.07, 6.45) is 3.95. The van der Waals surface area contributed by atoms with Gasteiger partial charge >= 0.3 is 0 Å². The second-order valence-corrected chi connectivity index (χ2v) is 7.00. The van der Waals surface area contributed by atoms with Crippen molar-refractivity contribution in [3.05, 3.63) is 10.6 Å². The minimum Gasteiger partial charge on any atom is -0.388 e. The fourth-order valence-electron chi connectivity index (χ4n) is 3.13. The molecule has 1 N–H and O–H groups in total. The van der Waals surface area contributed by atoms with Gasteiger partial charge in [-0.15, -0.1) is 0 Å². The number of aryl methyl sites for hydroxylation is 1. The zero-order chi connectivity index (χ0) is 14.1. The molecule has 0 radical (unpaired) electrons. The highest BCUT2D eigenvalue weighted by molar-refractivity contribution is 7.15. The molecule has 2 atom stereocenters. The zero-order valence-corrected chi connectivity index (χ0v) is 13.3. The lowest BCUT2D eigenvalue weighted by Crippen LogP contribution is -2.49. The number of aromatic nitrogens is 1. The van der Waals surface area contributed by atoms with E-state index in [1.165, 1.54) is 6.42 Å². The van der Waals surface area contributed by atoms with Gasteiger partial charge in [0.25, 0.3) is 0 Å². The van der Waals surface area contributed by atoms with Crippen LogP contribution in [0.4, 0.5) is 5.13 Å². The lowest BCUT2D eigenvalue weighted by Gasteiger charge is -2.37. The van der Waals surface area contributed by atoms with Crippen LogP contribution in [0.3, 0.4) is 0 Å². The molecule has 1 aliphatic carbocycles. The summed E-state index contributed by atoms with van der Waals surface area (Å²) in [4.78, 5) is 10.9. The van der Waals surface area contributed by atoms with Crippen molar-refractivity contribution in [3.8, 4) is 0 Å². The number of hydrogen-bond acceptors (Lipinski definition) is 5. The maximum atomic E-state index is 10.1. The van der Waals surface area contributed by atoms with Gasteiger partial charge in [-0.05, 0) is 32.6 Å². The molecule has 5 heteroatoms. The first kappa shape index (κ1) is 14.3. The van der Waals surface area contributed by atoms with Gasteiger partial charge in [-0.3, -0.25) is 4.90 Å². The van der Waals surface area contributed by atoms with Gasteiger partial charge < -0.3 is 10.0 Å². The van der Waals surface area contributed by atoms with Crippen molar-refractivity contribution < 1.29 is 5.11 Å². The quantitative estimate of drug-likeness (QED) is 0.930. The highest BCUT2D eigenvalue weighted by Crippen LogP contribution is 2.37. The molecule has 0 aromatic carbocycles. The maximum absolute atomic E-state index is 10.1. The minimum absolute atomic E-state index is 0.272. The number of aliphatic hydroxyl groups excluding tert-OH is 1. The van der Waals surface area contributed by atoms with Crippen LogP contribution in [0.5, 0.6) is 0 Å². The van der Waals surface area contributed by atoms with Gasteiger partial charge in [0.05, 0.1) is 16.7 Å². The monoisotopic (exact) mass is 295 g/mol. The van der Waals surface area contributed by atoms with Crippen LogP contribution in [0, 0.1) is 0 Å². The van der Waals surface area contributed by atoms with Crippen molar-refractivity contribution >= 4 is 16.5 Å². The first-order valence-electron chi connectivity index (χ1n) is 7.85. The molecular formula is C15H25N3OS. The molecule has 3 rings (SSSR count). The summed E-state index contributed by atoms with van der Waals surface area (Å²) in [5.74, 6) is 0. The third-order valence-electron chi connectivity index (χ3n) is 4.71. The zero-order valence-electron chi connectivity index (χ0n) is 12.5. The summed E-state index contributed by atoms with van der Waals surface area (Å²) in [5.41, 5.74) is 1.15. The van der Waals surface area contributed by atoms with Crippen molar-refractivity contribution in [2.45, 2.75) is 51.7 Å². The van der Waals surface area contributed by atoms with E-state index in [0.29, 0.717) is 6.04 Å². The molecule has 0 bridgehead atoms. The Hall–Kier alpha value is -0.650. The van der Waals surface area contributed by atoms with Crippen molar-refractivity contribution in [3.63, 3.8) is 0 Å². The average molecular weight is 295 g/mol. The summed E-state index contributed by atoms with van der Waals surface area (Å²) >= 11 is 1.71. The van der Waals surface area contributed by atoms with Crippen LogP contribution < -0.4 is 4.90 Å². The van der Waals surface area contributed by atoms with Gasteiger partial charge in [0.2, 0.25) is 0 Å². The Bertz CT molecular complexity index is 454. The Labute approximate surface area is 125 Å². The molecule has 0 saturated carbocycles. The topological polar surface area (TPSA) is 39.6 Å².